The van der Waals surface area contributed by atoms with Crippen LogP contribution in [0.1, 0.15) is 16.1 Å². The highest BCUT2D eigenvalue weighted by Crippen LogP contribution is 2.35. The van der Waals surface area contributed by atoms with Crippen molar-refractivity contribution in [3.63, 3.8) is 0 Å². The maximum absolute atomic E-state index is 9.74. The van der Waals surface area contributed by atoms with Crippen LogP contribution in [0, 0.1) is 6.92 Å². The van der Waals surface area contributed by atoms with Gasteiger partial charge in [0.1, 0.15) is 5.01 Å². The van der Waals surface area contributed by atoms with E-state index in [4.69, 9.17) is 16.3 Å². The standard InChI is InChI=1S/C17H14ClNO2S/c1-10-3-5-15-13(7-10)19-16(22-15)6-4-11-8-12(18)17(20)14(9-11)21-2/h3-9,20H,1-2H3/b6-4+. The van der Waals surface area contributed by atoms with Gasteiger partial charge < -0.3 is 9.84 Å². The summed E-state index contributed by atoms with van der Waals surface area (Å²) < 4.78 is 6.26. The van der Waals surface area contributed by atoms with E-state index in [1.54, 1.807) is 23.5 Å². The molecule has 3 rings (SSSR count). The number of phenolic OH excluding ortho intramolecular Hbond substituents is 1. The highest BCUT2D eigenvalue weighted by Gasteiger charge is 2.07. The van der Waals surface area contributed by atoms with Crippen LogP contribution in [0.3, 0.4) is 0 Å². The topological polar surface area (TPSA) is 42.4 Å². The second-order valence-electron chi connectivity index (χ2n) is 4.91. The van der Waals surface area contributed by atoms with Crippen molar-refractivity contribution in [2.24, 2.45) is 0 Å². The Kier molecular flexibility index (Phi) is 4.05. The maximum atomic E-state index is 9.74. The minimum absolute atomic E-state index is 0.0446. The predicted octanol–water partition coefficient (Wildman–Crippen LogP) is 5.14. The van der Waals surface area contributed by atoms with Gasteiger partial charge in [0.05, 0.1) is 22.3 Å². The molecule has 0 saturated heterocycles. The lowest BCUT2D eigenvalue weighted by atomic mass is 10.2. The lowest BCUT2D eigenvalue weighted by molar-refractivity contribution is 0.373. The molecule has 0 saturated carbocycles. The number of halogens is 1. The van der Waals surface area contributed by atoms with E-state index >= 15 is 0 Å². The van der Waals surface area contributed by atoms with Crippen LogP contribution in [0.25, 0.3) is 22.4 Å². The first kappa shape index (κ1) is 14.9. The number of nitrogens with zero attached hydrogens (tertiary/aromatic N) is 1. The third-order valence-electron chi connectivity index (χ3n) is 3.25. The molecule has 112 valence electrons. The van der Waals surface area contributed by atoms with E-state index in [1.807, 2.05) is 12.2 Å². The molecule has 0 spiro atoms. The quantitative estimate of drug-likeness (QED) is 0.722. The summed E-state index contributed by atoms with van der Waals surface area (Å²) >= 11 is 7.62. The molecule has 5 heteroatoms. The third kappa shape index (κ3) is 2.93. The molecule has 0 atom stereocenters. The van der Waals surface area contributed by atoms with Crippen molar-refractivity contribution < 1.29 is 9.84 Å². The lowest BCUT2D eigenvalue weighted by Gasteiger charge is -2.06. The molecule has 3 nitrogen and oxygen atoms in total. The first-order chi connectivity index (χ1) is 10.6. The number of hydrogen-bond donors (Lipinski definition) is 1. The number of aromatic nitrogens is 1. The second-order valence-corrected chi connectivity index (χ2v) is 6.38. The lowest BCUT2D eigenvalue weighted by Crippen LogP contribution is -1.85. The number of benzene rings is 2. The molecule has 0 aliphatic rings. The van der Waals surface area contributed by atoms with Gasteiger partial charge in [-0.2, -0.15) is 0 Å². The fraction of sp³-hybridized carbons (Fsp3) is 0.118. The molecule has 0 bridgehead atoms. The van der Waals surface area contributed by atoms with Gasteiger partial charge in [-0.3, -0.25) is 0 Å². The smallest absolute Gasteiger partial charge is 0.176 e. The minimum Gasteiger partial charge on any atom is -0.503 e. The van der Waals surface area contributed by atoms with Gasteiger partial charge in [-0.15, -0.1) is 11.3 Å². The molecule has 1 heterocycles. The zero-order valence-electron chi connectivity index (χ0n) is 12.1. The number of aryl methyl sites for hydroxylation is 1. The van der Waals surface area contributed by atoms with Crippen molar-refractivity contribution in [3.05, 3.63) is 51.5 Å². The fourth-order valence-electron chi connectivity index (χ4n) is 2.14. The van der Waals surface area contributed by atoms with Crippen LogP contribution in [0.15, 0.2) is 30.3 Å². The molecule has 22 heavy (non-hydrogen) atoms. The van der Waals surface area contributed by atoms with E-state index in [0.717, 1.165) is 20.8 Å². The Morgan fingerprint density at radius 1 is 1.23 bits per heavy atom. The van der Waals surface area contributed by atoms with Crippen LogP contribution in [0.2, 0.25) is 5.02 Å². The minimum atomic E-state index is -0.0446. The first-order valence-electron chi connectivity index (χ1n) is 6.68. The highest BCUT2D eigenvalue weighted by molar-refractivity contribution is 7.19. The highest BCUT2D eigenvalue weighted by atomic mass is 35.5. The van der Waals surface area contributed by atoms with Gasteiger partial charge in [0.25, 0.3) is 0 Å². The molecular formula is C17H14ClNO2S. The van der Waals surface area contributed by atoms with Crippen molar-refractivity contribution >= 4 is 45.3 Å². The number of rotatable bonds is 3. The number of phenols is 1. The van der Waals surface area contributed by atoms with Crippen molar-refractivity contribution in [1.82, 2.24) is 4.98 Å². The molecule has 1 N–H and O–H groups in total. The van der Waals surface area contributed by atoms with E-state index < -0.39 is 0 Å². The summed E-state index contributed by atoms with van der Waals surface area (Å²) in [6.07, 6.45) is 3.83. The zero-order chi connectivity index (χ0) is 15.7. The summed E-state index contributed by atoms with van der Waals surface area (Å²) in [5.74, 6) is 0.309. The normalized spacial score (nSPS) is 11.4. The maximum Gasteiger partial charge on any atom is 0.176 e. The Labute approximate surface area is 137 Å². The van der Waals surface area contributed by atoms with Gasteiger partial charge in [0, 0.05) is 0 Å². The molecule has 0 aliphatic heterocycles. The first-order valence-corrected chi connectivity index (χ1v) is 7.88. The molecule has 0 radical (unpaired) electrons. The Hall–Kier alpha value is -2.04. The Bertz CT molecular complexity index is 870. The van der Waals surface area contributed by atoms with E-state index in [1.165, 1.54) is 12.7 Å². The van der Waals surface area contributed by atoms with Crippen LogP contribution in [0.5, 0.6) is 11.5 Å². The summed E-state index contributed by atoms with van der Waals surface area (Å²) in [5.41, 5.74) is 3.05. The molecule has 1 aromatic heterocycles. The SMILES string of the molecule is COc1cc(/C=C/c2nc3cc(C)ccc3s2)cc(Cl)c1O. The summed E-state index contributed by atoms with van der Waals surface area (Å²) in [6, 6.07) is 9.66. The zero-order valence-corrected chi connectivity index (χ0v) is 13.7. The van der Waals surface area contributed by atoms with Crippen LogP contribution < -0.4 is 4.74 Å². The van der Waals surface area contributed by atoms with Crippen LogP contribution in [-0.4, -0.2) is 17.2 Å². The fourth-order valence-corrected chi connectivity index (χ4v) is 3.21. The van der Waals surface area contributed by atoms with Crippen LogP contribution in [-0.2, 0) is 0 Å². The number of hydrogen-bond acceptors (Lipinski definition) is 4. The van der Waals surface area contributed by atoms with E-state index in [9.17, 15) is 5.11 Å². The van der Waals surface area contributed by atoms with Crippen LogP contribution in [0.4, 0.5) is 0 Å². The van der Waals surface area contributed by atoms with Crippen molar-refractivity contribution in [3.8, 4) is 11.5 Å². The van der Waals surface area contributed by atoms with Crippen molar-refractivity contribution in [2.45, 2.75) is 6.92 Å². The van der Waals surface area contributed by atoms with Gasteiger partial charge in [0.15, 0.2) is 11.5 Å². The van der Waals surface area contributed by atoms with Gasteiger partial charge in [-0.25, -0.2) is 4.98 Å². The predicted molar refractivity (Wildman–Crippen MR) is 93.0 cm³/mol. The molecule has 2 aromatic carbocycles. The van der Waals surface area contributed by atoms with Gasteiger partial charge in [-0.05, 0) is 48.4 Å². The van der Waals surface area contributed by atoms with E-state index in [-0.39, 0.29) is 10.8 Å². The molecule has 3 aromatic rings. The van der Waals surface area contributed by atoms with Gasteiger partial charge in [-0.1, -0.05) is 23.7 Å². The average Bonchev–Trinajstić information content (AvgIpc) is 2.90. The number of methoxy groups -OCH3 is 1. The van der Waals surface area contributed by atoms with E-state index in [0.29, 0.717) is 5.75 Å². The van der Waals surface area contributed by atoms with Crippen LogP contribution >= 0.6 is 22.9 Å². The van der Waals surface area contributed by atoms with Crippen molar-refractivity contribution in [1.29, 1.82) is 0 Å². The van der Waals surface area contributed by atoms with E-state index in [2.05, 4.69) is 30.1 Å². The van der Waals surface area contributed by atoms with Crippen molar-refractivity contribution in [2.75, 3.05) is 7.11 Å². The largest absolute Gasteiger partial charge is 0.503 e. The molecular weight excluding hydrogens is 318 g/mol. The summed E-state index contributed by atoms with van der Waals surface area (Å²) in [4.78, 5) is 4.59. The number of thiazole rings is 1. The summed E-state index contributed by atoms with van der Waals surface area (Å²) in [5, 5.41) is 10.9. The third-order valence-corrected chi connectivity index (χ3v) is 4.54. The molecule has 0 amide bonds. The van der Waals surface area contributed by atoms with Gasteiger partial charge in [0.2, 0.25) is 0 Å². The monoisotopic (exact) mass is 331 g/mol. The number of aromatic hydroxyl groups is 1. The summed E-state index contributed by atoms with van der Waals surface area (Å²) in [7, 11) is 1.49. The molecule has 0 aliphatic carbocycles. The Morgan fingerprint density at radius 2 is 2.05 bits per heavy atom. The Morgan fingerprint density at radius 3 is 2.82 bits per heavy atom. The Balaban J connectivity index is 1.94. The molecule has 0 fully saturated rings. The average molecular weight is 332 g/mol. The molecule has 0 unspecified atom stereocenters. The number of ether oxygens (including phenoxy) is 1. The number of fused-ring (bicyclic) bond motifs is 1. The van der Waals surface area contributed by atoms with Gasteiger partial charge >= 0.3 is 0 Å². The summed E-state index contributed by atoms with van der Waals surface area (Å²) in [6.45, 7) is 2.05. The second kappa shape index (κ2) is 5.99.